The van der Waals surface area contributed by atoms with E-state index in [9.17, 15) is 19.2 Å². The van der Waals surface area contributed by atoms with Crippen molar-refractivity contribution in [3.05, 3.63) is 0 Å². The van der Waals surface area contributed by atoms with E-state index < -0.39 is 46.8 Å². The zero-order chi connectivity index (χ0) is 26.9. The van der Waals surface area contributed by atoms with Gasteiger partial charge in [-0.15, -0.1) is 17.7 Å². The average Bonchev–Trinajstić information content (AvgIpc) is 2.54. The van der Waals surface area contributed by atoms with E-state index in [0.717, 1.165) is 17.7 Å². The van der Waals surface area contributed by atoms with Crippen LogP contribution in [0, 0.1) is 0 Å². The summed E-state index contributed by atoms with van der Waals surface area (Å²) in [7, 11) is 0. The molecule has 14 heteroatoms. The number of nitrogens with zero attached hydrogens (tertiary/aromatic N) is 4. The Kier molecular flexibility index (Phi) is 8.93. The van der Waals surface area contributed by atoms with Crippen molar-refractivity contribution < 1.29 is 38.1 Å². The van der Waals surface area contributed by atoms with E-state index in [0.29, 0.717) is 24.3 Å². The Morgan fingerprint density at radius 2 is 0.559 bits per heavy atom. The summed E-state index contributed by atoms with van der Waals surface area (Å²) < 4.78 is 24.6. The third kappa shape index (κ3) is 9.95. The second-order valence-electron chi connectivity index (χ2n) is 11.2. The van der Waals surface area contributed by atoms with E-state index in [4.69, 9.17) is 18.9 Å². The van der Waals surface area contributed by atoms with Gasteiger partial charge in [0.25, 0.3) is 0 Å². The molecular formula is C20H36N4O8S2. The Labute approximate surface area is 210 Å². The van der Waals surface area contributed by atoms with Gasteiger partial charge in [-0.05, 0) is 83.1 Å². The zero-order valence-corrected chi connectivity index (χ0v) is 23.5. The van der Waals surface area contributed by atoms with Gasteiger partial charge in [-0.25, -0.2) is 19.2 Å². The smallest absolute Gasteiger partial charge is 0.442 e. The van der Waals surface area contributed by atoms with Crippen LogP contribution in [-0.4, -0.2) is 64.4 Å². The number of amides is 4. The van der Waals surface area contributed by atoms with Gasteiger partial charge in [-0.2, -0.15) is 0 Å². The lowest BCUT2D eigenvalue weighted by Gasteiger charge is -2.44. The molecule has 1 aliphatic rings. The van der Waals surface area contributed by atoms with Crippen LogP contribution >= 0.6 is 24.3 Å². The SMILES string of the molecule is CC(C)(C)OC(=O)N1SN(C(=O)OC(C)(C)C)N(C(=O)OC(C)(C)C)SN1C(=O)OC(C)(C)C. The van der Waals surface area contributed by atoms with Crippen LogP contribution in [0.5, 0.6) is 0 Å². The van der Waals surface area contributed by atoms with Crippen molar-refractivity contribution in [3.63, 3.8) is 0 Å². The summed E-state index contributed by atoms with van der Waals surface area (Å²) in [4.78, 5) is 51.8. The normalized spacial score (nSPS) is 15.6. The van der Waals surface area contributed by atoms with E-state index in [-0.39, 0.29) is 0 Å². The first-order valence-corrected chi connectivity index (χ1v) is 11.9. The van der Waals surface area contributed by atoms with Gasteiger partial charge in [0.2, 0.25) is 0 Å². The van der Waals surface area contributed by atoms with Gasteiger partial charge in [0, 0.05) is 0 Å². The lowest BCUT2D eigenvalue weighted by molar-refractivity contribution is -0.0209. The molecule has 0 bridgehead atoms. The minimum atomic E-state index is -0.978. The Balaban J connectivity index is 3.46. The summed E-state index contributed by atoms with van der Waals surface area (Å²) in [5.74, 6) is 0. The van der Waals surface area contributed by atoms with Crippen molar-refractivity contribution in [1.82, 2.24) is 17.7 Å². The van der Waals surface area contributed by atoms with Gasteiger partial charge in [0.05, 0.1) is 0 Å². The molecule has 1 fully saturated rings. The molecule has 0 N–H and O–H groups in total. The van der Waals surface area contributed by atoms with E-state index in [2.05, 4.69) is 0 Å². The molecule has 0 aromatic rings. The second kappa shape index (κ2) is 10.2. The molecule has 1 aliphatic heterocycles. The molecule has 34 heavy (non-hydrogen) atoms. The highest BCUT2D eigenvalue weighted by molar-refractivity contribution is 8.01. The van der Waals surface area contributed by atoms with Crippen molar-refractivity contribution in [2.75, 3.05) is 0 Å². The third-order valence-electron chi connectivity index (χ3n) is 2.84. The van der Waals surface area contributed by atoms with Crippen LogP contribution in [0.25, 0.3) is 0 Å². The van der Waals surface area contributed by atoms with Gasteiger partial charge in [-0.3, -0.25) is 0 Å². The van der Waals surface area contributed by atoms with Gasteiger partial charge < -0.3 is 18.9 Å². The fourth-order valence-electron chi connectivity index (χ4n) is 1.91. The first-order valence-electron chi connectivity index (χ1n) is 10.5. The number of hydrogen-bond donors (Lipinski definition) is 0. The second-order valence-corrected chi connectivity index (χ2v) is 12.9. The maximum Gasteiger partial charge on any atom is 0.442 e. The molecule has 1 saturated heterocycles. The number of carbonyl (C=O) groups excluding carboxylic acids is 4. The lowest BCUT2D eigenvalue weighted by Crippen LogP contribution is -2.58. The van der Waals surface area contributed by atoms with Crippen LogP contribution < -0.4 is 0 Å². The van der Waals surface area contributed by atoms with Gasteiger partial charge in [-0.1, -0.05) is 0 Å². The minimum absolute atomic E-state index is 0.401. The predicted molar refractivity (Wildman–Crippen MR) is 127 cm³/mol. The molecule has 0 unspecified atom stereocenters. The summed E-state index contributed by atoms with van der Waals surface area (Å²) in [6, 6.07) is 0. The van der Waals surface area contributed by atoms with Crippen molar-refractivity contribution in [2.24, 2.45) is 0 Å². The molecule has 4 amide bonds. The van der Waals surface area contributed by atoms with E-state index in [1.54, 1.807) is 83.1 Å². The molecule has 1 heterocycles. The van der Waals surface area contributed by atoms with Gasteiger partial charge in [0.1, 0.15) is 46.7 Å². The topological polar surface area (TPSA) is 118 Å². The highest BCUT2D eigenvalue weighted by Crippen LogP contribution is 2.40. The maximum absolute atomic E-state index is 13.0. The van der Waals surface area contributed by atoms with Crippen LogP contribution in [0.1, 0.15) is 83.1 Å². The highest BCUT2D eigenvalue weighted by Gasteiger charge is 2.49. The number of hydrogen-bond acceptors (Lipinski definition) is 10. The summed E-state index contributed by atoms with van der Waals surface area (Å²) >= 11 is 0.802. The molecule has 0 aromatic carbocycles. The summed E-state index contributed by atoms with van der Waals surface area (Å²) in [5, 5.41) is 0. The first kappa shape index (κ1) is 29.8. The van der Waals surface area contributed by atoms with Crippen LogP contribution in [0.15, 0.2) is 0 Å². The van der Waals surface area contributed by atoms with Gasteiger partial charge in [0.15, 0.2) is 0 Å². The van der Waals surface area contributed by atoms with Crippen molar-refractivity contribution in [1.29, 1.82) is 0 Å². The van der Waals surface area contributed by atoms with E-state index in [1.807, 2.05) is 0 Å². The fraction of sp³-hybridized carbons (Fsp3) is 0.800. The summed E-state index contributed by atoms with van der Waals surface area (Å²) in [5.41, 5.74) is -3.66. The van der Waals surface area contributed by atoms with E-state index >= 15 is 0 Å². The maximum atomic E-state index is 13.0. The average molecular weight is 525 g/mol. The number of rotatable bonds is 0. The molecular weight excluding hydrogens is 488 g/mol. The molecule has 0 aliphatic carbocycles. The molecule has 0 spiro atoms. The van der Waals surface area contributed by atoms with Crippen LogP contribution in [0.3, 0.4) is 0 Å². The summed E-state index contributed by atoms with van der Waals surface area (Å²) in [6.45, 7) is 19.7. The van der Waals surface area contributed by atoms with Gasteiger partial charge >= 0.3 is 24.4 Å². The number of carbonyl (C=O) groups is 4. The largest absolute Gasteiger partial charge is 0.442 e. The molecule has 0 aromatic heterocycles. The highest BCUT2D eigenvalue weighted by atomic mass is 32.2. The van der Waals surface area contributed by atoms with Crippen molar-refractivity contribution in [3.8, 4) is 0 Å². The zero-order valence-electron chi connectivity index (χ0n) is 21.9. The molecule has 0 radical (unpaired) electrons. The van der Waals surface area contributed by atoms with Crippen LogP contribution in [0.4, 0.5) is 19.2 Å². The Hall–Kier alpha value is -2.22. The first-order chi connectivity index (χ1) is 15.0. The Bertz CT molecular complexity index is 666. The molecule has 12 nitrogen and oxygen atoms in total. The molecule has 1 rings (SSSR count). The van der Waals surface area contributed by atoms with Crippen molar-refractivity contribution in [2.45, 2.75) is 105 Å². The van der Waals surface area contributed by atoms with E-state index in [1.165, 1.54) is 0 Å². The third-order valence-corrected chi connectivity index (χ3v) is 4.91. The number of ether oxygens (including phenoxy) is 4. The molecule has 0 saturated carbocycles. The number of hydrazine groups is 2. The Morgan fingerprint density at radius 3 is 0.676 bits per heavy atom. The van der Waals surface area contributed by atoms with Crippen molar-refractivity contribution >= 4 is 48.6 Å². The standard InChI is InChI=1S/C20H36N4O8S2/c1-17(2,3)29-13(25)21-22(14(26)30-18(4,5)6)34-24(16(28)32-20(10,11)12)23(33-21)15(27)31-19(7,8)9/h1-12H3. The molecule has 196 valence electrons. The van der Waals surface area contributed by atoms with Crippen LogP contribution in [-0.2, 0) is 18.9 Å². The summed E-state index contributed by atoms with van der Waals surface area (Å²) in [6.07, 6.45) is -3.91. The quantitative estimate of drug-likeness (QED) is 0.280. The predicted octanol–water partition coefficient (Wildman–Crippen LogP) is 5.90. The Morgan fingerprint density at radius 1 is 0.412 bits per heavy atom. The minimum Gasteiger partial charge on any atom is -0.442 e. The monoisotopic (exact) mass is 524 g/mol. The molecule has 0 atom stereocenters. The lowest BCUT2D eigenvalue weighted by atomic mass is 10.2. The van der Waals surface area contributed by atoms with Crippen LogP contribution in [0.2, 0.25) is 0 Å². The fourth-order valence-corrected chi connectivity index (χ4v) is 3.51.